The van der Waals surface area contributed by atoms with Crippen molar-refractivity contribution in [1.82, 2.24) is 9.88 Å². The van der Waals surface area contributed by atoms with Gasteiger partial charge in [-0.25, -0.2) is 9.59 Å². The van der Waals surface area contributed by atoms with Crippen LogP contribution in [-0.2, 0) is 40.1 Å². The maximum absolute atomic E-state index is 13.8. The van der Waals surface area contributed by atoms with Crippen molar-refractivity contribution < 1.29 is 23.9 Å². The fourth-order valence-corrected chi connectivity index (χ4v) is 7.58. The van der Waals surface area contributed by atoms with Gasteiger partial charge in [0.05, 0.1) is 23.8 Å². The monoisotopic (exact) mass is 597 g/mol. The quantitative estimate of drug-likeness (QED) is 0.264. The summed E-state index contributed by atoms with van der Waals surface area (Å²) < 4.78 is 11.1. The number of thiophene rings is 1. The third-order valence-corrected chi connectivity index (χ3v) is 9.69. The predicted molar refractivity (Wildman–Crippen MR) is 167 cm³/mol. The molecule has 0 fully saturated rings. The molecule has 3 heterocycles. The minimum Gasteiger partial charge on any atom is -0.465 e. The molecule has 0 radical (unpaired) electrons. The number of pyridine rings is 1. The lowest BCUT2D eigenvalue weighted by atomic mass is 9.83. The fraction of sp³-hybridized carbons (Fsp3) is 0.353. The maximum atomic E-state index is 13.8. The van der Waals surface area contributed by atoms with Crippen LogP contribution in [0.3, 0.4) is 0 Å². The normalized spacial score (nSPS) is 17.0. The third kappa shape index (κ3) is 5.67. The highest BCUT2D eigenvalue weighted by atomic mass is 32.1. The smallest absolute Gasteiger partial charge is 0.341 e. The van der Waals surface area contributed by atoms with Gasteiger partial charge in [-0.15, -0.1) is 11.3 Å². The molecule has 2 aromatic carbocycles. The van der Waals surface area contributed by atoms with Crippen LogP contribution in [0.4, 0.5) is 5.00 Å². The van der Waals surface area contributed by atoms with Crippen molar-refractivity contribution in [2.45, 2.75) is 57.6 Å². The number of ether oxygens (including phenoxy) is 2. The highest BCUT2D eigenvalue weighted by molar-refractivity contribution is 7.17. The molecule has 0 bridgehead atoms. The number of rotatable bonds is 7. The van der Waals surface area contributed by atoms with E-state index in [1.165, 1.54) is 24.0 Å². The largest absolute Gasteiger partial charge is 0.465 e. The molecule has 1 aliphatic heterocycles. The summed E-state index contributed by atoms with van der Waals surface area (Å²) in [5.74, 6) is -1.15. The molecule has 1 amide bonds. The van der Waals surface area contributed by atoms with Crippen molar-refractivity contribution in [3.8, 4) is 0 Å². The molecule has 9 heteroatoms. The number of aromatic nitrogens is 1. The average molecular weight is 598 g/mol. The Balaban J connectivity index is 1.27. The topological polar surface area (TPSA) is 97.8 Å². The number of carbonyl (C=O) groups is 3. The third-order valence-electron chi connectivity index (χ3n) is 8.52. The number of methoxy groups -OCH3 is 1. The SMILES string of the molecule is CCC(OC(=O)c1c2c(nc3ccccc13)CCN(C)C2)C(=O)Nc1sc2c(c1C(=O)OC)CCC(c1ccccc1)C2. The lowest BCUT2D eigenvalue weighted by molar-refractivity contribution is -0.124. The second-order valence-electron chi connectivity index (χ2n) is 11.3. The molecule has 2 aliphatic rings. The number of benzene rings is 2. The number of hydrogen-bond acceptors (Lipinski definition) is 8. The van der Waals surface area contributed by atoms with E-state index in [0.29, 0.717) is 40.4 Å². The molecule has 6 rings (SSSR count). The van der Waals surface area contributed by atoms with Crippen LogP contribution in [0.15, 0.2) is 54.6 Å². The van der Waals surface area contributed by atoms with Gasteiger partial charge in [0.1, 0.15) is 5.00 Å². The Kier molecular flexibility index (Phi) is 8.27. The Labute approximate surface area is 255 Å². The number of likely N-dealkylation sites (N-methyl/N-ethyl adjacent to an activating group) is 1. The molecule has 0 saturated carbocycles. The van der Waals surface area contributed by atoms with Gasteiger partial charge in [0, 0.05) is 41.0 Å². The van der Waals surface area contributed by atoms with Crippen LogP contribution >= 0.6 is 11.3 Å². The molecule has 0 spiro atoms. The first-order valence-corrected chi connectivity index (χ1v) is 15.6. The Morgan fingerprint density at radius 3 is 2.56 bits per heavy atom. The van der Waals surface area contributed by atoms with E-state index >= 15 is 0 Å². The minimum absolute atomic E-state index is 0.275. The number of para-hydroxylation sites is 1. The zero-order valence-electron chi connectivity index (χ0n) is 24.6. The molecule has 2 atom stereocenters. The van der Waals surface area contributed by atoms with Crippen molar-refractivity contribution in [3.63, 3.8) is 0 Å². The summed E-state index contributed by atoms with van der Waals surface area (Å²) in [6.45, 7) is 3.23. The van der Waals surface area contributed by atoms with Crippen LogP contribution in [0.1, 0.15) is 73.7 Å². The van der Waals surface area contributed by atoms with E-state index in [-0.39, 0.29) is 6.42 Å². The van der Waals surface area contributed by atoms with Gasteiger partial charge >= 0.3 is 11.9 Å². The summed E-state index contributed by atoms with van der Waals surface area (Å²) in [7, 11) is 3.36. The lowest BCUT2D eigenvalue weighted by Gasteiger charge is -2.27. The van der Waals surface area contributed by atoms with Crippen LogP contribution in [-0.4, -0.2) is 54.5 Å². The van der Waals surface area contributed by atoms with E-state index in [0.717, 1.165) is 53.0 Å². The molecular weight excluding hydrogens is 562 g/mol. The van der Waals surface area contributed by atoms with Gasteiger partial charge in [0.15, 0.2) is 6.10 Å². The Hall–Kier alpha value is -4.08. The van der Waals surface area contributed by atoms with E-state index < -0.39 is 23.9 Å². The number of nitrogens with zero attached hydrogens (tertiary/aromatic N) is 2. The highest BCUT2D eigenvalue weighted by Crippen LogP contribution is 2.43. The van der Waals surface area contributed by atoms with Gasteiger partial charge in [-0.05, 0) is 55.8 Å². The van der Waals surface area contributed by atoms with Crippen molar-refractivity contribution in [3.05, 3.63) is 93.0 Å². The Morgan fingerprint density at radius 1 is 1.02 bits per heavy atom. The molecule has 2 unspecified atom stereocenters. The van der Waals surface area contributed by atoms with E-state index in [2.05, 4.69) is 22.3 Å². The number of hydrogen-bond donors (Lipinski definition) is 1. The number of nitrogens with one attached hydrogen (secondary N) is 1. The molecular formula is C34H35N3O5S. The number of amides is 1. The molecule has 222 valence electrons. The van der Waals surface area contributed by atoms with Gasteiger partial charge in [-0.2, -0.15) is 0 Å². The van der Waals surface area contributed by atoms with Crippen molar-refractivity contribution in [2.75, 3.05) is 26.0 Å². The van der Waals surface area contributed by atoms with Gasteiger partial charge in [-0.3, -0.25) is 9.78 Å². The molecule has 43 heavy (non-hydrogen) atoms. The fourth-order valence-electron chi connectivity index (χ4n) is 6.26. The van der Waals surface area contributed by atoms with Crippen LogP contribution in [0.5, 0.6) is 0 Å². The van der Waals surface area contributed by atoms with E-state index in [1.807, 2.05) is 49.5 Å². The van der Waals surface area contributed by atoms with Crippen molar-refractivity contribution in [2.24, 2.45) is 0 Å². The van der Waals surface area contributed by atoms with E-state index in [9.17, 15) is 14.4 Å². The number of fused-ring (bicyclic) bond motifs is 3. The van der Waals surface area contributed by atoms with Crippen LogP contribution in [0.2, 0.25) is 0 Å². The van der Waals surface area contributed by atoms with Gasteiger partial charge in [-0.1, -0.05) is 55.5 Å². The first-order valence-electron chi connectivity index (χ1n) is 14.8. The number of esters is 2. The number of anilines is 1. The molecule has 1 N–H and O–H groups in total. The summed E-state index contributed by atoms with van der Waals surface area (Å²) in [6.07, 6.45) is 2.37. The van der Waals surface area contributed by atoms with Gasteiger partial charge in [0.2, 0.25) is 0 Å². The summed E-state index contributed by atoms with van der Waals surface area (Å²) in [5.41, 5.74) is 5.54. The maximum Gasteiger partial charge on any atom is 0.341 e. The standard InChI is InChI=1S/C34H35N3O5S/c1-4-27(42-34(40)29-22-12-8-9-13-25(22)35-26-16-17-37(2)19-24(26)29)31(38)36-32-30(33(39)41-3)23-15-14-21(18-28(23)43-32)20-10-6-5-7-11-20/h5-13,21,27H,4,14-19H2,1-3H3,(H,36,38). The predicted octanol–water partition coefficient (Wildman–Crippen LogP) is 5.92. The molecule has 1 aliphatic carbocycles. The first-order chi connectivity index (χ1) is 20.9. The first kappa shape index (κ1) is 29.0. The summed E-state index contributed by atoms with van der Waals surface area (Å²) >= 11 is 1.41. The van der Waals surface area contributed by atoms with Crippen molar-refractivity contribution in [1.29, 1.82) is 0 Å². The van der Waals surface area contributed by atoms with Crippen LogP contribution in [0, 0.1) is 0 Å². The second-order valence-corrected chi connectivity index (χ2v) is 12.4. The van der Waals surface area contributed by atoms with Crippen LogP contribution in [0.25, 0.3) is 10.9 Å². The highest BCUT2D eigenvalue weighted by Gasteiger charge is 2.33. The van der Waals surface area contributed by atoms with E-state index in [1.54, 1.807) is 6.92 Å². The lowest BCUT2D eigenvalue weighted by Crippen LogP contribution is -2.34. The zero-order valence-corrected chi connectivity index (χ0v) is 25.5. The second kappa shape index (κ2) is 12.3. The molecule has 4 aromatic rings. The number of carbonyl (C=O) groups excluding carboxylic acids is 3. The Morgan fingerprint density at radius 2 is 1.79 bits per heavy atom. The summed E-state index contributed by atoms with van der Waals surface area (Å²) in [6, 6.07) is 17.9. The van der Waals surface area contributed by atoms with Crippen molar-refractivity contribution >= 4 is 45.1 Å². The molecule has 2 aromatic heterocycles. The van der Waals surface area contributed by atoms with Crippen LogP contribution < -0.4 is 5.32 Å². The molecule has 0 saturated heterocycles. The minimum atomic E-state index is -1.04. The van der Waals surface area contributed by atoms with Gasteiger partial charge in [0.25, 0.3) is 5.91 Å². The van der Waals surface area contributed by atoms with E-state index in [4.69, 9.17) is 14.5 Å². The Bertz CT molecular complexity index is 1700. The average Bonchev–Trinajstić information content (AvgIpc) is 3.39. The molecule has 8 nitrogen and oxygen atoms in total. The zero-order chi connectivity index (χ0) is 30.1. The van der Waals surface area contributed by atoms with Gasteiger partial charge < -0.3 is 19.7 Å². The summed E-state index contributed by atoms with van der Waals surface area (Å²) in [4.78, 5) is 48.4. The summed E-state index contributed by atoms with van der Waals surface area (Å²) in [5, 5.41) is 4.09.